The van der Waals surface area contributed by atoms with Crippen molar-refractivity contribution in [2.75, 3.05) is 19.7 Å². The van der Waals surface area contributed by atoms with Gasteiger partial charge in [0.15, 0.2) is 11.9 Å². The number of carboxylic acid groups (broad SMARTS) is 3. The standard InChI is InChI=1S/C65H100N20O21/c1-31(2)25-42(80-53(95)37(66)26-35-15-17-36(87)18-16-35)57(99)83-45(29-50(92)93)59(101)84-46(30-86)61(103)78-39(14-10-24-74-65(71)72)55(97)77-38(13-9-23-73-64(69)70)54(96)75-33(5)52(94)76-40(19-21-47(67)88)56(98)82-44(28-49(90)91)58(100)81-43(27-34-11-7-6-8-12-34)60(102)85-51(32(3)4)62(104)79-41(63(105)106)20-22-48(68)89/h6-8,11-12,15-18,31-33,37-46,51,86-87H,9-10,13-14,19-30,66H2,1-5H3,(H2,67,88)(H2,68,89)(H,75,96)(H,76,94)(H,77,97)(H,78,103)(H,79,104)(H,80,95)(H,81,100)(H,82,98)(H,83,99)(H,84,101)(H,85,102)(H,90,91)(H,92,93)(H,105,106)(H4,69,70,73)(H4,71,72,74)/t33-,37-,38-,39-,40-,41-,42-,43-,44-,45-,46-,51-/m0/s1. The SMILES string of the molecule is CC(C)C[C@H](NC(=O)[C@@H](N)Cc1ccc(O)cc1)C(=O)N[C@@H](CC(=O)O)C(=O)N[C@@H](CO)C(=O)N[C@@H](CCCN=C(N)N)C(=O)N[C@@H](CCCN=C(N)N)C(=O)N[C@@H](C)C(=O)N[C@@H](CCC(N)=O)C(=O)N[C@@H](CC(=O)O)C(=O)N[C@@H](Cc1ccccc1)C(=O)N[C@H](C(=O)N[C@@H](CCC(N)=O)C(=O)O)C(C)C. The van der Waals surface area contributed by atoms with E-state index in [9.17, 15) is 102 Å². The van der Waals surface area contributed by atoms with E-state index >= 15 is 0 Å². The van der Waals surface area contributed by atoms with Crippen molar-refractivity contribution >= 4 is 107 Å². The second-order valence-corrected chi connectivity index (χ2v) is 25.4. The maximum absolute atomic E-state index is 14.4. The van der Waals surface area contributed by atoms with Gasteiger partial charge in [-0.15, -0.1) is 0 Å². The molecule has 12 atom stereocenters. The summed E-state index contributed by atoms with van der Waals surface area (Å²) in [5, 5.41) is 75.3. The third kappa shape index (κ3) is 34.9. The summed E-state index contributed by atoms with van der Waals surface area (Å²) >= 11 is 0. The highest BCUT2D eigenvalue weighted by Gasteiger charge is 2.38. The van der Waals surface area contributed by atoms with Crippen LogP contribution < -0.4 is 98.6 Å². The molecule has 30 N–H and O–H groups in total. The van der Waals surface area contributed by atoms with E-state index in [0.29, 0.717) is 11.1 Å². The predicted molar refractivity (Wildman–Crippen MR) is 377 cm³/mol. The molecule has 0 spiro atoms. The van der Waals surface area contributed by atoms with E-state index in [1.54, 1.807) is 44.2 Å². The molecule has 0 saturated carbocycles. The van der Waals surface area contributed by atoms with Gasteiger partial charge in [0.1, 0.15) is 72.2 Å². The number of nitrogens with one attached hydrogen (secondary N) is 11. The fraction of sp³-hybridized carbons (Fsp3) is 0.538. The predicted octanol–water partition coefficient (Wildman–Crippen LogP) is -7.78. The summed E-state index contributed by atoms with van der Waals surface area (Å²) in [6.45, 7) is 6.00. The van der Waals surface area contributed by atoms with Crippen molar-refractivity contribution in [3.05, 3.63) is 65.7 Å². The van der Waals surface area contributed by atoms with Crippen molar-refractivity contribution in [3.63, 3.8) is 0 Å². The Morgan fingerprint density at radius 2 is 0.783 bits per heavy atom. The number of aromatic hydroxyl groups is 1. The first-order valence-corrected chi connectivity index (χ1v) is 33.6. The summed E-state index contributed by atoms with van der Waals surface area (Å²) < 4.78 is 0. The molecule has 0 unspecified atom stereocenters. The minimum absolute atomic E-state index is 0.0231. The zero-order chi connectivity index (χ0) is 80.1. The number of phenolic OH excluding ortho intramolecular Hbond substituents is 1. The molecule has 0 saturated heterocycles. The number of aliphatic hydroxyl groups is 1. The van der Waals surface area contributed by atoms with Gasteiger partial charge in [-0.2, -0.15) is 0 Å². The molecule has 2 rings (SSSR count). The molecule has 41 nitrogen and oxygen atoms in total. The van der Waals surface area contributed by atoms with Gasteiger partial charge in [-0.25, -0.2) is 4.79 Å². The number of primary amides is 2. The van der Waals surface area contributed by atoms with Crippen molar-refractivity contribution in [1.29, 1.82) is 0 Å². The number of carbonyl (C=O) groups excluding carboxylic acids is 13. The number of benzene rings is 2. The van der Waals surface area contributed by atoms with E-state index in [-0.39, 0.29) is 81.6 Å². The molecule has 41 heteroatoms. The molecule has 106 heavy (non-hydrogen) atoms. The molecular weight excluding hydrogens is 1400 g/mol. The normalized spacial score (nSPS) is 14.3. The molecule has 0 aromatic heterocycles. The van der Waals surface area contributed by atoms with E-state index in [0.717, 1.165) is 6.92 Å². The number of aliphatic imine (C=N–C) groups is 2. The Balaban J connectivity index is 2.49. The second-order valence-electron chi connectivity index (χ2n) is 25.4. The van der Waals surface area contributed by atoms with Gasteiger partial charge in [0, 0.05) is 32.4 Å². The van der Waals surface area contributed by atoms with Crippen LogP contribution in [0.4, 0.5) is 0 Å². The van der Waals surface area contributed by atoms with Crippen LogP contribution in [0.5, 0.6) is 5.75 Å². The highest BCUT2D eigenvalue weighted by Crippen LogP contribution is 2.15. The number of amides is 13. The van der Waals surface area contributed by atoms with Gasteiger partial charge in [-0.3, -0.25) is 81.9 Å². The van der Waals surface area contributed by atoms with E-state index in [4.69, 9.17) is 40.1 Å². The van der Waals surface area contributed by atoms with Crippen molar-refractivity contribution in [1.82, 2.24) is 58.5 Å². The fourth-order valence-electron chi connectivity index (χ4n) is 9.99. The van der Waals surface area contributed by atoms with E-state index in [1.807, 2.05) is 0 Å². The number of aliphatic carboxylic acids is 3. The Bertz CT molecular complexity index is 3440. The summed E-state index contributed by atoms with van der Waals surface area (Å²) in [5.74, 6) is -21.0. The molecule has 0 aliphatic heterocycles. The summed E-state index contributed by atoms with van der Waals surface area (Å²) in [7, 11) is 0. The maximum atomic E-state index is 14.4. The Kier molecular flexibility index (Phi) is 39.2. The van der Waals surface area contributed by atoms with Crippen LogP contribution in [0.3, 0.4) is 0 Å². The number of aliphatic hydroxyl groups excluding tert-OH is 1. The number of rotatable bonds is 49. The summed E-state index contributed by atoms with van der Waals surface area (Å²) in [5.41, 5.74) is 39.7. The minimum Gasteiger partial charge on any atom is -0.508 e. The highest BCUT2D eigenvalue weighted by atomic mass is 16.4. The monoisotopic (exact) mass is 1500 g/mol. The van der Waals surface area contributed by atoms with Crippen molar-refractivity contribution in [2.45, 2.75) is 191 Å². The molecule has 0 aliphatic carbocycles. The Morgan fingerprint density at radius 1 is 0.406 bits per heavy atom. The summed E-state index contributed by atoms with van der Waals surface area (Å²) in [4.78, 5) is 221. The lowest BCUT2D eigenvalue weighted by atomic mass is 10.00. The number of carboxylic acids is 3. The minimum atomic E-state index is -2.06. The number of phenols is 1. The molecule has 0 aliphatic rings. The number of nitrogens with zero attached hydrogens (tertiary/aromatic N) is 2. The Morgan fingerprint density at radius 3 is 1.23 bits per heavy atom. The molecule has 0 radical (unpaired) electrons. The van der Waals surface area contributed by atoms with Crippen LogP contribution in [0.15, 0.2) is 64.6 Å². The smallest absolute Gasteiger partial charge is 0.326 e. The molecule has 0 heterocycles. The van der Waals surface area contributed by atoms with E-state index in [2.05, 4.69) is 68.5 Å². The average molecular weight is 1500 g/mol. The Labute approximate surface area is 609 Å². The fourth-order valence-corrected chi connectivity index (χ4v) is 9.99. The lowest BCUT2D eigenvalue weighted by Gasteiger charge is -2.28. The lowest BCUT2D eigenvalue weighted by Crippen LogP contribution is -2.61. The summed E-state index contributed by atoms with van der Waals surface area (Å²) in [6, 6.07) is -6.50. The van der Waals surface area contributed by atoms with Crippen LogP contribution in [0, 0.1) is 11.8 Å². The van der Waals surface area contributed by atoms with Gasteiger partial charge in [-0.1, -0.05) is 70.2 Å². The number of nitrogens with two attached hydrogens (primary N) is 7. The topological polar surface area (TPSA) is 713 Å². The quantitative estimate of drug-likeness (QED) is 0.0166. The van der Waals surface area contributed by atoms with Gasteiger partial charge in [-0.05, 0) is 93.4 Å². The Hall–Kier alpha value is -11.8. The van der Waals surface area contributed by atoms with Gasteiger partial charge < -0.3 is 124 Å². The largest absolute Gasteiger partial charge is 0.508 e. The third-order valence-electron chi connectivity index (χ3n) is 15.6. The van der Waals surface area contributed by atoms with Gasteiger partial charge >= 0.3 is 17.9 Å². The zero-order valence-electron chi connectivity index (χ0n) is 59.3. The molecule has 13 amide bonds. The summed E-state index contributed by atoms with van der Waals surface area (Å²) in [6.07, 6.45) is -5.49. The molecular formula is C65H100N20O21. The number of hydrogen-bond donors (Lipinski definition) is 23. The first kappa shape index (κ1) is 90.3. The van der Waals surface area contributed by atoms with Gasteiger partial charge in [0.2, 0.25) is 76.8 Å². The van der Waals surface area contributed by atoms with Crippen LogP contribution in [-0.4, -0.2) is 224 Å². The lowest BCUT2D eigenvalue weighted by molar-refractivity contribution is -0.143. The highest BCUT2D eigenvalue weighted by molar-refractivity contribution is 6.00. The first-order valence-electron chi connectivity index (χ1n) is 33.6. The molecule has 0 bridgehead atoms. The van der Waals surface area contributed by atoms with Crippen molar-refractivity contribution in [3.8, 4) is 5.75 Å². The molecule has 0 fully saturated rings. The molecule has 586 valence electrons. The number of carbonyl (C=O) groups is 16. The van der Waals surface area contributed by atoms with Crippen LogP contribution in [0.25, 0.3) is 0 Å². The molecule has 2 aromatic rings. The number of guanidine groups is 2. The van der Waals surface area contributed by atoms with E-state index in [1.165, 1.54) is 38.1 Å². The second kappa shape index (κ2) is 46.0. The first-order chi connectivity index (χ1) is 49.7. The van der Waals surface area contributed by atoms with Crippen LogP contribution in [-0.2, 0) is 89.6 Å². The van der Waals surface area contributed by atoms with Crippen LogP contribution in [0.1, 0.15) is 116 Å². The average Bonchev–Trinajstić information content (AvgIpc) is 0.853. The van der Waals surface area contributed by atoms with Gasteiger partial charge in [0.25, 0.3) is 0 Å². The molecule has 2 aromatic carbocycles. The maximum Gasteiger partial charge on any atom is 0.326 e. The third-order valence-corrected chi connectivity index (χ3v) is 15.6. The van der Waals surface area contributed by atoms with Gasteiger partial charge in [0.05, 0.1) is 25.5 Å². The van der Waals surface area contributed by atoms with Crippen molar-refractivity contribution in [2.24, 2.45) is 62.0 Å². The van der Waals surface area contributed by atoms with Crippen LogP contribution >= 0.6 is 0 Å². The van der Waals surface area contributed by atoms with E-state index < -0.39 is 218 Å². The van der Waals surface area contributed by atoms with Crippen molar-refractivity contribution < 1.29 is 102 Å². The van der Waals surface area contributed by atoms with Crippen LogP contribution in [0.2, 0.25) is 0 Å². The number of hydrogen-bond acceptors (Lipinski definition) is 21. The zero-order valence-corrected chi connectivity index (χ0v) is 59.3.